The number of hydrogen-bond acceptors (Lipinski definition) is 3. The molecule has 2 rings (SSSR count). The number of aliphatic hydroxyl groups excluding tert-OH is 1. The van der Waals surface area contributed by atoms with Crippen LogP contribution in [0, 0.1) is 12.8 Å². The first-order valence-corrected chi connectivity index (χ1v) is 5.32. The van der Waals surface area contributed by atoms with Crippen molar-refractivity contribution in [1.82, 2.24) is 0 Å². The smallest absolute Gasteiger partial charge is 0.414 e. The van der Waals surface area contributed by atoms with Crippen LogP contribution in [0.2, 0.25) is 0 Å². The molecule has 0 aromatic heterocycles. The average molecular weight is 221 g/mol. The van der Waals surface area contributed by atoms with Crippen molar-refractivity contribution in [2.45, 2.75) is 6.92 Å². The van der Waals surface area contributed by atoms with E-state index in [1.54, 1.807) is 4.90 Å². The van der Waals surface area contributed by atoms with Gasteiger partial charge in [-0.25, -0.2) is 4.79 Å². The number of anilines is 1. The molecule has 1 fully saturated rings. The van der Waals surface area contributed by atoms with Crippen molar-refractivity contribution in [2.24, 2.45) is 5.92 Å². The highest BCUT2D eigenvalue weighted by Crippen LogP contribution is 2.21. The first kappa shape index (κ1) is 11.0. The van der Waals surface area contributed by atoms with Crippen LogP contribution < -0.4 is 4.90 Å². The number of ether oxygens (including phenoxy) is 1. The van der Waals surface area contributed by atoms with Gasteiger partial charge in [-0.3, -0.25) is 4.90 Å². The van der Waals surface area contributed by atoms with Gasteiger partial charge in [0.1, 0.15) is 0 Å². The van der Waals surface area contributed by atoms with Crippen LogP contribution in [-0.2, 0) is 4.74 Å². The molecule has 1 N–H and O–H groups in total. The Balaban J connectivity index is 2.21. The lowest BCUT2D eigenvalue weighted by atomic mass is 10.1. The zero-order valence-corrected chi connectivity index (χ0v) is 9.22. The van der Waals surface area contributed by atoms with E-state index in [1.807, 2.05) is 31.2 Å². The van der Waals surface area contributed by atoms with E-state index in [4.69, 9.17) is 9.84 Å². The van der Waals surface area contributed by atoms with Crippen LogP contribution in [0.25, 0.3) is 0 Å². The lowest BCUT2D eigenvalue weighted by Gasteiger charge is -2.31. The molecule has 0 spiro atoms. The van der Waals surface area contributed by atoms with Gasteiger partial charge in [-0.15, -0.1) is 0 Å². The van der Waals surface area contributed by atoms with E-state index in [9.17, 15) is 4.79 Å². The van der Waals surface area contributed by atoms with Crippen LogP contribution in [0.1, 0.15) is 5.56 Å². The molecule has 0 radical (unpaired) electrons. The van der Waals surface area contributed by atoms with E-state index in [0.29, 0.717) is 13.2 Å². The number of nitrogens with zero attached hydrogens (tertiary/aromatic N) is 1. The summed E-state index contributed by atoms with van der Waals surface area (Å²) in [5, 5.41) is 9.08. The fourth-order valence-corrected chi connectivity index (χ4v) is 1.77. The normalized spacial score (nSPS) is 20.8. The Morgan fingerprint density at radius 3 is 3.06 bits per heavy atom. The van der Waals surface area contributed by atoms with E-state index < -0.39 is 0 Å². The molecule has 1 saturated heterocycles. The van der Waals surface area contributed by atoms with Gasteiger partial charge in [0.25, 0.3) is 0 Å². The number of cyclic esters (lactones) is 1. The highest BCUT2D eigenvalue weighted by atomic mass is 16.6. The zero-order valence-electron chi connectivity index (χ0n) is 9.22. The number of carbonyl (C=O) groups is 1. The Kier molecular flexibility index (Phi) is 3.10. The number of aliphatic hydroxyl groups is 1. The van der Waals surface area contributed by atoms with E-state index in [1.165, 1.54) is 0 Å². The van der Waals surface area contributed by atoms with Crippen molar-refractivity contribution < 1.29 is 14.6 Å². The molecule has 1 aromatic carbocycles. The number of hydrogen-bond donors (Lipinski definition) is 1. The third kappa shape index (κ3) is 2.17. The lowest BCUT2D eigenvalue weighted by molar-refractivity contribution is 0.0900. The van der Waals surface area contributed by atoms with E-state index in [2.05, 4.69) is 0 Å². The van der Waals surface area contributed by atoms with Gasteiger partial charge in [0, 0.05) is 18.2 Å². The second-order valence-corrected chi connectivity index (χ2v) is 4.08. The molecule has 1 aromatic rings. The molecule has 1 unspecified atom stereocenters. The molecule has 1 amide bonds. The second-order valence-electron chi connectivity index (χ2n) is 4.08. The number of rotatable bonds is 2. The van der Waals surface area contributed by atoms with Gasteiger partial charge in [0.2, 0.25) is 0 Å². The highest BCUT2D eigenvalue weighted by molar-refractivity contribution is 5.88. The molecule has 0 saturated carbocycles. The molecule has 1 atom stereocenters. The molecule has 4 nitrogen and oxygen atoms in total. The molecular weight excluding hydrogens is 206 g/mol. The monoisotopic (exact) mass is 221 g/mol. The zero-order chi connectivity index (χ0) is 11.5. The predicted octanol–water partition coefficient (Wildman–Crippen LogP) is 1.56. The fourth-order valence-electron chi connectivity index (χ4n) is 1.77. The lowest BCUT2D eigenvalue weighted by Crippen LogP contribution is -2.44. The molecule has 1 heterocycles. The molecule has 1 aliphatic heterocycles. The third-order valence-electron chi connectivity index (χ3n) is 2.68. The predicted molar refractivity (Wildman–Crippen MR) is 60.4 cm³/mol. The number of carbonyl (C=O) groups excluding carboxylic acids is 1. The van der Waals surface area contributed by atoms with Crippen molar-refractivity contribution in [3.63, 3.8) is 0 Å². The minimum atomic E-state index is -0.338. The van der Waals surface area contributed by atoms with E-state index in [-0.39, 0.29) is 18.6 Å². The van der Waals surface area contributed by atoms with E-state index >= 15 is 0 Å². The summed E-state index contributed by atoms with van der Waals surface area (Å²) < 4.78 is 5.02. The molecule has 4 heteroatoms. The summed E-state index contributed by atoms with van der Waals surface area (Å²) in [6, 6.07) is 7.68. The van der Waals surface area contributed by atoms with Crippen LogP contribution >= 0.6 is 0 Å². The van der Waals surface area contributed by atoms with Gasteiger partial charge < -0.3 is 9.84 Å². The minimum Gasteiger partial charge on any atom is -0.449 e. The summed E-state index contributed by atoms with van der Waals surface area (Å²) >= 11 is 0. The Morgan fingerprint density at radius 2 is 2.38 bits per heavy atom. The molecular formula is C12H15NO3. The molecule has 1 aliphatic rings. The van der Waals surface area contributed by atoms with Crippen molar-refractivity contribution in [2.75, 3.05) is 24.7 Å². The summed E-state index contributed by atoms with van der Waals surface area (Å²) in [5.41, 5.74) is 1.92. The van der Waals surface area contributed by atoms with Gasteiger partial charge in [0.05, 0.1) is 13.2 Å². The molecule has 16 heavy (non-hydrogen) atoms. The summed E-state index contributed by atoms with van der Waals surface area (Å²) in [4.78, 5) is 13.2. The molecule has 86 valence electrons. The topological polar surface area (TPSA) is 49.8 Å². The standard InChI is InChI=1S/C12H15NO3/c1-9-3-2-4-11(5-9)13-6-10(7-14)8-16-12(13)15/h2-5,10,14H,6-8H2,1H3. The van der Waals surface area contributed by atoms with Gasteiger partial charge >= 0.3 is 6.09 Å². The fraction of sp³-hybridized carbons (Fsp3) is 0.417. The van der Waals surface area contributed by atoms with Crippen molar-refractivity contribution in [3.8, 4) is 0 Å². The quantitative estimate of drug-likeness (QED) is 0.824. The van der Waals surface area contributed by atoms with Crippen LogP contribution in [0.15, 0.2) is 24.3 Å². The maximum absolute atomic E-state index is 11.6. The summed E-state index contributed by atoms with van der Waals surface area (Å²) in [6.45, 7) is 2.83. The maximum Gasteiger partial charge on any atom is 0.414 e. The van der Waals surface area contributed by atoms with Gasteiger partial charge in [0.15, 0.2) is 0 Å². The van der Waals surface area contributed by atoms with Gasteiger partial charge in [-0.2, -0.15) is 0 Å². The summed E-state index contributed by atoms with van der Waals surface area (Å²) in [6.07, 6.45) is -0.338. The van der Waals surface area contributed by atoms with Crippen molar-refractivity contribution in [1.29, 1.82) is 0 Å². The minimum absolute atomic E-state index is 0.00166. The Bertz CT molecular complexity index is 392. The summed E-state index contributed by atoms with van der Waals surface area (Å²) in [5.74, 6) is -0.00166. The Hall–Kier alpha value is -1.55. The Morgan fingerprint density at radius 1 is 1.56 bits per heavy atom. The third-order valence-corrected chi connectivity index (χ3v) is 2.68. The maximum atomic E-state index is 11.6. The SMILES string of the molecule is Cc1cccc(N2CC(CO)COC2=O)c1. The van der Waals surface area contributed by atoms with Gasteiger partial charge in [-0.05, 0) is 24.6 Å². The van der Waals surface area contributed by atoms with Crippen LogP contribution in [0.3, 0.4) is 0 Å². The largest absolute Gasteiger partial charge is 0.449 e. The summed E-state index contributed by atoms with van der Waals surface area (Å²) in [7, 11) is 0. The van der Waals surface area contributed by atoms with Crippen molar-refractivity contribution >= 4 is 11.8 Å². The Labute approximate surface area is 94.4 Å². The highest BCUT2D eigenvalue weighted by Gasteiger charge is 2.27. The van der Waals surface area contributed by atoms with Crippen molar-refractivity contribution in [3.05, 3.63) is 29.8 Å². The second kappa shape index (κ2) is 4.53. The number of benzene rings is 1. The first-order valence-electron chi connectivity index (χ1n) is 5.32. The van der Waals surface area contributed by atoms with E-state index in [0.717, 1.165) is 11.3 Å². The number of amides is 1. The molecule has 0 bridgehead atoms. The van der Waals surface area contributed by atoms with Crippen LogP contribution in [0.5, 0.6) is 0 Å². The first-order chi connectivity index (χ1) is 7.70. The van der Waals surface area contributed by atoms with Crippen LogP contribution in [-0.4, -0.2) is 31.0 Å². The number of aryl methyl sites for hydroxylation is 1. The van der Waals surface area contributed by atoms with Gasteiger partial charge in [-0.1, -0.05) is 12.1 Å². The molecule has 0 aliphatic carbocycles. The van der Waals surface area contributed by atoms with Crippen LogP contribution in [0.4, 0.5) is 10.5 Å². The average Bonchev–Trinajstić information content (AvgIpc) is 2.30.